The molecule has 0 aromatic heterocycles. The highest BCUT2D eigenvalue weighted by Gasteiger charge is 2.53. The smallest absolute Gasteiger partial charge is 0.166 e. The van der Waals surface area contributed by atoms with E-state index in [1.54, 1.807) is 7.11 Å². The molecule has 1 aromatic carbocycles. The van der Waals surface area contributed by atoms with Gasteiger partial charge in [-0.2, -0.15) is 0 Å². The van der Waals surface area contributed by atoms with Crippen LogP contribution >= 0.6 is 0 Å². The number of hydrogen-bond donors (Lipinski definition) is 2. The number of rotatable bonds is 1. The fraction of sp³-hybridized carbons (Fsp3) is 0.529. The van der Waals surface area contributed by atoms with Gasteiger partial charge in [-0.15, -0.1) is 0 Å². The van der Waals surface area contributed by atoms with Crippen molar-refractivity contribution in [1.29, 1.82) is 0 Å². The van der Waals surface area contributed by atoms with Crippen LogP contribution in [-0.2, 0) is 12.0 Å². The maximum absolute atomic E-state index is 9.98. The van der Waals surface area contributed by atoms with Gasteiger partial charge in [0.1, 0.15) is 12.6 Å². The number of hydrogen-bond acceptors (Lipinski definition) is 3. The van der Waals surface area contributed by atoms with Crippen molar-refractivity contribution in [3.8, 4) is 11.5 Å². The zero-order valence-electron chi connectivity index (χ0n) is 12.6. The lowest BCUT2D eigenvalue weighted by Crippen LogP contribution is -3.07. The van der Waals surface area contributed by atoms with Crippen molar-refractivity contribution in [2.45, 2.75) is 37.0 Å². The molecule has 4 heteroatoms. The second-order valence-electron chi connectivity index (χ2n) is 6.57. The van der Waals surface area contributed by atoms with E-state index in [1.165, 1.54) is 16.0 Å². The minimum absolute atomic E-state index is 0.0217. The second-order valence-corrected chi connectivity index (χ2v) is 6.57. The van der Waals surface area contributed by atoms with E-state index in [9.17, 15) is 5.11 Å². The summed E-state index contributed by atoms with van der Waals surface area (Å²) in [5.74, 6) is 1.71. The predicted octanol–water partition coefficient (Wildman–Crippen LogP) is 0.433. The van der Waals surface area contributed by atoms with E-state index in [-0.39, 0.29) is 11.5 Å². The minimum Gasteiger partial charge on any atom is -0.493 e. The number of aliphatic hydroxyl groups excluding tert-OH is 1. The van der Waals surface area contributed by atoms with Crippen LogP contribution in [0.4, 0.5) is 0 Å². The van der Waals surface area contributed by atoms with Crippen molar-refractivity contribution in [1.82, 2.24) is 0 Å². The van der Waals surface area contributed by atoms with Crippen molar-refractivity contribution < 1.29 is 19.5 Å². The van der Waals surface area contributed by atoms with Crippen molar-refractivity contribution in [3.05, 3.63) is 35.4 Å². The summed E-state index contributed by atoms with van der Waals surface area (Å²) in [6.45, 7) is 2.12. The lowest BCUT2D eigenvalue weighted by atomic mass is 9.69. The first-order chi connectivity index (χ1) is 10.1. The van der Waals surface area contributed by atoms with Crippen molar-refractivity contribution in [2.24, 2.45) is 0 Å². The standard InChI is InChI=1S/C17H21NO3/c1-18-8-7-17-6-5-12(19)9-14(17)21-16-13(20-2)4-3-11(10-18)15(16)17/h3-6,12,14,19H,7-10H2,1-2H3/p+1/t12-,14+,17-/m1/s1. The molecule has 0 radical (unpaired) electrons. The van der Waals surface area contributed by atoms with Gasteiger partial charge in [-0.3, -0.25) is 0 Å². The first-order valence-electron chi connectivity index (χ1n) is 7.70. The van der Waals surface area contributed by atoms with Gasteiger partial charge in [0, 0.05) is 24.0 Å². The van der Waals surface area contributed by atoms with Crippen LogP contribution in [0.1, 0.15) is 24.0 Å². The van der Waals surface area contributed by atoms with Gasteiger partial charge in [0.15, 0.2) is 11.5 Å². The Morgan fingerprint density at radius 3 is 3.10 bits per heavy atom. The third-order valence-corrected chi connectivity index (χ3v) is 5.26. The topological polar surface area (TPSA) is 43.1 Å². The van der Waals surface area contributed by atoms with Gasteiger partial charge >= 0.3 is 0 Å². The molecular weight excluding hydrogens is 266 g/mol. The lowest BCUT2D eigenvalue weighted by Gasteiger charge is -2.35. The Morgan fingerprint density at radius 1 is 1.43 bits per heavy atom. The molecule has 1 aromatic rings. The maximum atomic E-state index is 9.98. The Hall–Kier alpha value is -1.52. The quantitative estimate of drug-likeness (QED) is 0.737. The van der Waals surface area contributed by atoms with Crippen LogP contribution in [0.5, 0.6) is 11.5 Å². The highest BCUT2D eigenvalue weighted by atomic mass is 16.5. The molecule has 0 amide bonds. The molecular formula is C17H22NO3+. The third kappa shape index (κ3) is 1.75. The van der Waals surface area contributed by atoms with Crippen LogP contribution in [-0.4, -0.2) is 38.0 Å². The molecule has 1 spiro atoms. The molecule has 21 heavy (non-hydrogen) atoms. The molecule has 0 saturated carbocycles. The van der Waals surface area contributed by atoms with Gasteiger partial charge in [-0.05, 0) is 12.1 Å². The molecule has 2 heterocycles. The molecule has 2 aliphatic heterocycles. The Morgan fingerprint density at radius 2 is 2.29 bits per heavy atom. The largest absolute Gasteiger partial charge is 0.493 e. The fourth-order valence-electron chi connectivity index (χ4n) is 4.18. The third-order valence-electron chi connectivity index (χ3n) is 5.26. The Kier molecular flexibility index (Phi) is 2.81. The summed E-state index contributed by atoms with van der Waals surface area (Å²) in [4.78, 5) is 1.52. The normalized spacial score (nSPS) is 36.4. The molecule has 4 rings (SSSR count). The number of ether oxygens (including phenoxy) is 2. The van der Waals surface area contributed by atoms with Gasteiger partial charge in [-0.1, -0.05) is 12.2 Å². The van der Waals surface area contributed by atoms with E-state index in [0.717, 1.165) is 31.0 Å². The predicted molar refractivity (Wildman–Crippen MR) is 78.9 cm³/mol. The monoisotopic (exact) mass is 288 g/mol. The second kappa shape index (κ2) is 4.49. The Labute approximate surface area is 125 Å². The molecule has 4 nitrogen and oxygen atoms in total. The highest BCUT2D eigenvalue weighted by molar-refractivity contribution is 5.60. The molecule has 0 saturated heterocycles. The summed E-state index contributed by atoms with van der Waals surface area (Å²) >= 11 is 0. The van der Waals surface area contributed by atoms with E-state index in [4.69, 9.17) is 9.47 Å². The molecule has 4 atom stereocenters. The zero-order valence-corrected chi connectivity index (χ0v) is 12.6. The summed E-state index contributed by atoms with van der Waals surface area (Å²) in [6.07, 6.45) is 5.47. The molecule has 2 N–H and O–H groups in total. The molecule has 0 fully saturated rings. The number of aliphatic hydroxyl groups is 1. The van der Waals surface area contributed by atoms with Crippen LogP contribution in [0.2, 0.25) is 0 Å². The summed E-state index contributed by atoms with van der Waals surface area (Å²) in [6, 6.07) is 4.19. The van der Waals surface area contributed by atoms with E-state index in [1.807, 2.05) is 12.1 Å². The van der Waals surface area contributed by atoms with Crippen LogP contribution in [0.3, 0.4) is 0 Å². The summed E-state index contributed by atoms with van der Waals surface area (Å²) in [7, 11) is 3.93. The van der Waals surface area contributed by atoms with Gasteiger partial charge < -0.3 is 19.5 Å². The lowest BCUT2D eigenvalue weighted by molar-refractivity contribution is -0.893. The maximum Gasteiger partial charge on any atom is 0.166 e. The number of quaternary nitrogens is 1. The first-order valence-corrected chi connectivity index (χ1v) is 7.70. The molecule has 112 valence electrons. The minimum atomic E-state index is -0.405. The SMILES string of the molecule is COc1ccc2c3c1O[C@H]1C[C@H](O)C=C[C@]31CC[NH+](C)C2. The van der Waals surface area contributed by atoms with Crippen LogP contribution in [0, 0.1) is 0 Å². The fourth-order valence-corrected chi connectivity index (χ4v) is 4.18. The van der Waals surface area contributed by atoms with E-state index in [0.29, 0.717) is 6.42 Å². The highest BCUT2D eigenvalue weighted by Crippen LogP contribution is 2.54. The average Bonchev–Trinajstić information content (AvgIpc) is 2.72. The van der Waals surface area contributed by atoms with Crippen molar-refractivity contribution >= 4 is 0 Å². The molecule has 1 aliphatic carbocycles. The number of methoxy groups -OCH3 is 1. The number of nitrogens with one attached hydrogen (secondary N) is 1. The summed E-state index contributed by atoms with van der Waals surface area (Å²) in [5, 5.41) is 9.98. The number of benzene rings is 1. The van der Waals surface area contributed by atoms with Gasteiger partial charge in [0.2, 0.25) is 0 Å². The molecule has 3 aliphatic rings. The summed E-state index contributed by atoms with van der Waals surface area (Å²) < 4.78 is 11.8. The van der Waals surface area contributed by atoms with E-state index >= 15 is 0 Å². The van der Waals surface area contributed by atoms with Crippen LogP contribution in [0.25, 0.3) is 0 Å². The van der Waals surface area contributed by atoms with Crippen molar-refractivity contribution in [3.63, 3.8) is 0 Å². The molecule has 1 unspecified atom stereocenters. The Balaban J connectivity index is 1.95. The van der Waals surface area contributed by atoms with E-state index < -0.39 is 6.10 Å². The van der Waals surface area contributed by atoms with E-state index in [2.05, 4.69) is 19.2 Å². The first kappa shape index (κ1) is 13.2. The van der Waals surface area contributed by atoms with Crippen LogP contribution in [0.15, 0.2) is 24.3 Å². The van der Waals surface area contributed by atoms with Gasteiger partial charge in [0.25, 0.3) is 0 Å². The summed E-state index contributed by atoms with van der Waals surface area (Å²) in [5.41, 5.74) is 2.56. The van der Waals surface area contributed by atoms with Gasteiger partial charge in [-0.25, -0.2) is 0 Å². The molecule has 0 bridgehead atoms. The van der Waals surface area contributed by atoms with Gasteiger partial charge in [0.05, 0.1) is 32.2 Å². The van der Waals surface area contributed by atoms with Crippen molar-refractivity contribution in [2.75, 3.05) is 20.7 Å². The van der Waals surface area contributed by atoms with Crippen LogP contribution < -0.4 is 14.4 Å². The average molecular weight is 288 g/mol. The zero-order chi connectivity index (χ0) is 14.6. The Bertz CT molecular complexity index is 612.